The molecule has 0 radical (unpaired) electrons. The van der Waals surface area contributed by atoms with E-state index in [1.807, 2.05) is 12.1 Å². The summed E-state index contributed by atoms with van der Waals surface area (Å²) in [4.78, 5) is 5.01. The van der Waals surface area contributed by atoms with Crippen molar-refractivity contribution in [3.8, 4) is 0 Å². The highest BCUT2D eigenvalue weighted by Crippen LogP contribution is 2.39. The van der Waals surface area contributed by atoms with E-state index in [1.54, 1.807) is 0 Å². The summed E-state index contributed by atoms with van der Waals surface area (Å²) in [7, 11) is 0. The molecule has 0 bridgehead atoms. The van der Waals surface area contributed by atoms with E-state index >= 15 is 0 Å². The molecule has 0 unspecified atom stereocenters. The van der Waals surface area contributed by atoms with Crippen LogP contribution < -0.4 is 5.32 Å². The van der Waals surface area contributed by atoms with Crippen LogP contribution in [-0.2, 0) is 12.0 Å². The summed E-state index contributed by atoms with van der Waals surface area (Å²) in [5.41, 5.74) is 2.35. The van der Waals surface area contributed by atoms with Crippen molar-refractivity contribution in [3.63, 3.8) is 0 Å². The number of nitrogens with zero attached hydrogens (tertiary/aromatic N) is 2. The first-order chi connectivity index (χ1) is 10.2. The third kappa shape index (κ3) is 2.47. The van der Waals surface area contributed by atoms with Crippen LogP contribution in [0.1, 0.15) is 45.4 Å². The molecule has 4 heteroatoms. The number of hydrogen-bond acceptors (Lipinski definition) is 2. The Kier molecular flexibility index (Phi) is 4.23. The van der Waals surface area contributed by atoms with Gasteiger partial charge in [0.1, 0.15) is 5.82 Å². The Morgan fingerprint density at radius 3 is 2.71 bits per heavy atom. The molecule has 21 heavy (non-hydrogen) atoms. The molecule has 0 aliphatic carbocycles. The molecule has 114 valence electrons. The van der Waals surface area contributed by atoms with Crippen LogP contribution in [-0.4, -0.2) is 22.6 Å². The molecule has 1 fully saturated rings. The molecule has 3 rings (SSSR count). The van der Waals surface area contributed by atoms with Gasteiger partial charge in [0.2, 0.25) is 0 Å². The Morgan fingerprint density at radius 2 is 2.05 bits per heavy atom. The number of hydrogen-bond donors (Lipinski definition) is 1. The van der Waals surface area contributed by atoms with Gasteiger partial charge >= 0.3 is 0 Å². The van der Waals surface area contributed by atoms with Gasteiger partial charge < -0.3 is 9.88 Å². The molecule has 1 aliphatic heterocycles. The number of para-hydroxylation sites is 1. The maximum absolute atomic E-state index is 6.47. The lowest BCUT2D eigenvalue weighted by molar-refractivity contribution is 0.274. The molecular weight excluding hydrogens is 282 g/mol. The van der Waals surface area contributed by atoms with Gasteiger partial charge in [-0.2, -0.15) is 0 Å². The molecule has 1 aromatic carbocycles. The quantitative estimate of drug-likeness (QED) is 0.920. The second-order valence-electron chi connectivity index (χ2n) is 6.08. The van der Waals surface area contributed by atoms with E-state index in [0.29, 0.717) is 0 Å². The van der Waals surface area contributed by atoms with Crippen molar-refractivity contribution in [2.45, 2.75) is 51.5 Å². The Hall–Kier alpha value is -1.06. The predicted molar refractivity (Wildman–Crippen MR) is 89.1 cm³/mol. The molecule has 1 N–H and O–H groups in total. The number of halogens is 1. The number of aromatic nitrogens is 2. The zero-order valence-electron chi connectivity index (χ0n) is 13.0. The third-order valence-electron chi connectivity index (χ3n) is 4.88. The monoisotopic (exact) mass is 305 g/mol. The number of aryl methyl sites for hydroxylation is 1. The Morgan fingerprint density at radius 1 is 1.29 bits per heavy atom. The largest absolute Gasteiger partial charge is 0.326 e. The van der Waals surface area contributed by atoms with Gasteiger partial charge in [-0.3, -0.25) is 0 Å². The highest BCUT2D eigenvalue weighted by Gasteiger charge is 2.37. The van der Waals surface area contributed by atoms with Crippen molar-refractivity contribution in [1.82, 2.24) is 14.9 Å². The topological polar surface area (TPSA) is 29.9 Å². The molecule has 0 atom stereocenters. The van der Waals surface area contributed by atoms with Crippen LogP contribution in [0, 0.1) is 0 Å². The lowest BCUT2D eigenvalue weighted by Crippen LogP contribution is -2.41. The fourth-order valence-electron chi connectivity index (χ4n) is 3.63. The van der Waals surface area contributed by atoms with Gasteiger partial charge in [-0.15, -0.1) is 0 Å². The lowest BCUT2D eigenvalue weighted by atomic mass is 9.76. The zero-order valence-corrected chi connectivity index (χ0v) is 13.7. The second kappa shape index (κ2) is 5.98. The first-order valence-electron chi connectivity index (χ1n) is 8.08. The van der Waals surface area contributed by atoms with Crippen LogP contribution in [0.15, 0.2) is 18.2 Å². The summed E-state index contributed by atoms with van der Waals surface area (Å²) >= 11 is 6.47. The Balaban J connectivity index is 2.21. The fourth-order valence-corrected chi connectivity index (χ4v) is 3.90. The average molecular weight is 306 g/mol. The number of nitrogens with one attached hydrogen (secondary N) is 1. The molecule has 1 aromatic heterocycles. The van der Waals surface area contributed by atoms with E-state index in [0.717, 1.165) is 61.4 Å². The number of fused-ring (bicyclic) bond motifs is 1. The first-order valence-corrected chi connectivity index (χ1v) is 8.45. The van der Waals surface area contributed by atoms with Crippen molar-refractivity contribution >= 4 is 22.6 Å². The lowest BCUT2D eigenvalue weighted by Gasteiger charge is -2.36. The summed E-state index contributed by atoms with van der Waals surface area (Å²) in [5, 5.41) is 4.30. The maximum Gasteiger partial charge on any atom is 0.116 e. The molecule has 0 amide bonds. The van der Waals surface area contributed by atoms with Crippen molar-refractivity contribution < 1.29 is 0 Å². The smallest absolute Gasteiger partial charge is 0.116 e. The normalized spacial score (nSPS) is 18.2. The van der Waals surface area contributed by atoms with E-state index in [-0.39, 0.29) is 5.41 Å². The number of benzene rings is 1. The highest BCUT2D eigenvalue weighted by atomic mass is 35.5. The van der Waals surface area contributed by atoms with Crippen molar-refractivity contribution in [1.29, 1.82) is 0 Å². The van der Waals surface area contributed by atoms with Crippen LogP contribution in [0.4, 0.5) is 0 Å². The van der Waals surface area contributed by atoms with Crippen LogP contribution in [0.5, 0.6) is 0 Å². The average Bonchev–Trinajstić information content (AvgIpc) is 2.89. The Bertz CT molecular complexity index is 626. The predicted octanol–water partition coefficient (Wildman–Crippen LogP) is 4.13. The number of imidazole rings is 1. The fraction of sp³-hybridized carbons (Fsp3) is 0.588. The van der Waals surface area contributed by atoms with Crippen molar-refractivity contribution in [2.75, 3.05) is 13.1 Å². The van der Waals surface area contributed by atoms with Gasteiger partial charge in [0.05, 0.1) is 16.1 Å². The zero-order chi connectivity index (χ0) is 14.9. The van der Waals surface area contributed by atoms with E-state index in [1.165, 1.54) is 5.82 Å². The SMILES string of the molecule is CCCn1c(C2(CC)CCNCC2)nc2cccc(Cl)c21. The van der Waals surface area contributed by atoms with Gasteiger partial charge in [0, 0.05) is 12.0 Å². The highest BCUT2D eigenvalue weighted by molar-refractivity contribution is 6.35. The van der Waals surface area contributed by atoms with E-state index in [4.69, 9.17) is 16.6 Å². The third-order valence-corrected chi connectivity index (χ3v) is 5.18. The minimum atomic E-state index is 0.197. The van der Waals surface area contributed by atoms with E-state index in [2.05, 4.69) is 29.8 Å². The van der Waals surface area contributed by atoms with Crippen molar-refractivity contribution in [3.05, 3.63) is 29.0 Å². The van der Waals surface area contributed by atoms with Gasteiger partial charge in [-0.25, -0.2) is 4.98 Å². The summed E-state index contributed by atoms with van der Waals surface area (Å²) in [6.45, 7) is 7.66. The number of rotatable bonds is 4. The minimum absolute atomic E-state index is 0.197. The van der Waals surface area contributed by atoms with Crippen LogP contribution in [0.3, 0.4) is 0 Å². The maximum atomic E-state index is 6.47. The van der Waals surface area contributed by atoms with Crippen LogP contribution in [0.25, 0.3) is 11.0 Å². The molecule has 3 nitrogen and oxygen atoms in total. The molecule has 1 aliphatic rings. The summed E-state index contributed by atoms with van der Waals surface area (Å²) in [6, 6.07) is 6.06. The van der Waals surface area contributed by atoms with Gasteiger partial charge in [-0.05, 0) is 50.9 Å². The second-order valence-corrected chi connectivity index (χ2v) is 6.49. The van der Waals surface area contributed by atoms with Crippen LogP contribution in [0.2, 0.25) is 5.02 Å². The van der Waals surface area contributed by atoms with Crippen molar-refractivity contribution in [2.24, 2.45) is 0 Å². The summed E-state index contributed by atoms with van der Waals surface area (Å²) in [6.07, 6.45) is 4.56. The van der Waals surface area contributed by atoms with Gasteiger partial charge in [0.25, 0.3) is 0 Å². The molecule has 1 saturated heterocycles. The molecule has 2 heterocycles. The van der Waals surface area contributed by atoms with E-state index < -0.39 is 0 Å². The van der Waals surface area contributed by atoms with Gasteiger partial charge in [-0.1, -0.05) is 31.5 Å². The Labute approximate surface area is 131 Å². The first kappa shape index (κ1) is 14.9. The molecule has 0 saturated carbocycles. The standard InChI is InChI=1S/C17H24ClN3/c1-3-12-21-15-13(18)6-5-7-14(15)20-16(21)17(4-2)8-10-19-11-9-17/h5-7,19H,3-4,8-12H2,1-2H3. The number of piperidine rings is 1. The molecule has 0 spiro atoms. The van der Waals surface area contributed by atoms with Gasteiger partial charge in [0.15, 0.2) is 0 Å². The summed E-state index contributed by atoms with van der Waals surface area (Å²) < 4.78 is 2.38. The minimum Gasteiger partial charge on any atom is -0.326 e. The molecule has 2 aromatic rings. The summed E-state index contributed by atoms with van der Waals surface area (Å²) in [5.74, 6) is 1.25. The van der Waals surface area contributed by atoms with E-state index in [9.17, 15) is 0 Å². The van der Waals surface area contributed by atoms with Crippen LogP contribution >= 0.6 is 11.6 Å². The molecular formula is C17H24ClN3.